The predicted molar refractivity (Wildman–Crippen MR) is 74.5 cm³/mol. The van der Waals surface area contributed by atoms with E-state index in [-0.39, 0.29) is 17.4 Å². The van der Waals surface area contributed by atoms with Gasteiger partial charge in [-0.05, 0) is 31.9 Å². The van der Waals surface area contributed by atoms with E-state index in [1.54, 1.807) is 11.8 Å². The van der Waals surface area contributed by atoms with Crippen molar-refractivity contribution in [3.63, 3.8) is 0 Å². The summed E-state index contributed by atoms with van der Waals surface area (Å²) in [5.41, 5.74) is 5.96. The highest BCUT2D eigenvalue weighted by Gasteiger charge is 2.24. The van der Waals surface area contributed by atoms with Crippen molar-refractivity contribution in [3.8, 4) is 0 Å². The van der Waals surface area contributed by atoms with E-state index in [0.717, 1.165) is 25.9 Å². The van der Waals surface area contributed by atoms with Crippen molar-refractivity contribution in [3.05, 3.63) is 17.8 Å². The summed E-state index contributed by atoms with van der Waals surface area (Å²) in [5.74, 6) is -0.930. The number of aromatic carboxylic acids is 1. The van der Waals surface area contributed by atoms with Gasteiger partial charge in [0.25, 0.3) is 0 Å². The Morgan fingerprint density at radius 2 is 2.05 bits per heavy atom. The highest BCUT2D eigenvalue weighted by Crippen LogP contribution is 2.18. The van der Waals surface area contributed by atoms with Crippen molar-refractivity contribution in [2.75, 3.05) is 24.1 Å². The number of nitrogens with zero attached hydrogens (tertiary/aromatic N) is 2. The molecule has 0 saturated carbocycles. The van der Waals surface area contributed by atoms with Crippen molar-refractivity contribution in [1.82, 2.24) is 9.88 Å². The number of amides is 1. The molecular formula is C13H18N4O3. The van der Waals surface area contributed by atoms with E-state index in [2.05, 4.69) is 10.3 Å². The number of nitrogens with one attached hydrogen (secondary N) is 1. The standard InChI is InChI=1S/C13H18N4O3/c1-8(12(18)17-6-2-3-7-17)15-11-9(14)4-5-10(16-11)13(19)20/h4-5,8H,2-3,6-7,14H2,1H3,(H,15,16)(H,19,20). The average Bonchev–Trinajstić information content (AvgIpc) is 2.94. The van der Waals surface area contributed by atoms with Crippen LogP contribution in [0.2, 0.25) is 0 Å². The number of nitrogen functional groups attached to an aromatic ring is 1. The van der Waals surface area contributed by atoms with E-state index < -0.39 is 12.0 Å². The van der Waals surface area contributed by atoms with Gasteiger partial charge < -0.3 is 21.1 Å². The van der Waals surface area contributed by atoms with Crippen LogP contribution in [0.5, 0.6) is 0 Å². The Hall–Kier alpha value is -2.31. The number of rotatable bonds is 4. The van der Waals surface area contributed by atoms with E-state index in [1.165, 1.54) is 12.1 Å². The van der Waals surface area contributed by atoms with Gasteiger partial charge in [-0.15, -0.1) is 0 Å². The highest BCUT2D eigenvalue weighted by molar-refractivity contribution is 5.88. The van der Waals surface area contributed by atoms with Crippen LogP contribution < -0.4 is 11.1 Å². The Labute approximate surface area is 116 Å². The van der Waals surface area contributed by atoms with Gasteiger partial charge in [-0.25, -0.2) is 9.78 Å². The molecule has 108 valence electrons. The molecule has 0 spiro atoms. The Kier molecular flexibility index (Phi) is 4.07. The van der Waals surface area contributed by atoms with Crippen LogP contribution in [-0.4, -0.2) is 46.0 Å². The molecule has 1 amide bonds. The van der Waals surface area contributed by atoms with E-state index in [9.17, 15) is 9.59 Å². The SMILES string of the molecule is CC(Nc1nc(C(=O)O)ccc1N)C(=O)N1CCCC1. The van der Waals surface area contributed by atoms with E-state index in [4.69, 9.17) is 10.8 Å². The lowest BCUT2D eigenvalue weighted by atomic mass is 10.2. The number of hydrogen-bond donors (Lipinski definition) is 3. The van der Waals surface area contributed by atoms with Gasteiger partial charge in [0.05, 0.1) is 5.69 Å². The number of likely N-dealkylation sites (tertiary alicyclic amines) is 1. The summed E-state index contributed by atoms with van der Waals surface area (Å²) >= 11 is 0. The molecule has 7 nitrogen and oxygen atoms in total. The number of carboxylic acid groups (broad SMARTS) is 1. The molecular weight excluding hydrogens is 260 g/mol. The third-order valence-electron chi connectivity index (χ3n) is 3.29. The monoisotopic (exact) mass is 278 g/mol. The number of pyridine rings is 1. The van der Waals surface area contributed by atoms with Crippen LogP contribution in [0.4, 0.5) is 11.5 Å². The number of carbonyl (C=O) groups is 2. The molecule has 0 radical (unpaired) electrons. The third kappa shape index (κ3) is 2.98. The summed E-state index contributed by atoms with van der Waals surface area (Å²) in [6, 6.07) is 2.30. The second-order valence-corrected chi connectivity index (χ2v) is 4.84. The minimum absolute atomic E-state index is 0.0237. The smallest absolute Gasteiger partial charge is 0.354 e. The molecule has 2 heterocycles. The first kappa shape index (κ1) is 14.1. The molecule has 1 fully saturated rings. The minimum atomic E-state index is -1.13. The number of nitrogens with two attached hydrogens (primary N) is 1. The Balaban J connectivity index is 2.10. The van der Waals surface area contributed by atoms with Crippen molar-refractivity contribution in [2.24, 2.45) is 0 Å². The largest absolute Gasteiger partial charge is 0.477 e. The highest BCUT2D eigenvalue weighted by atomic mass is 16.4. The van der Waals surface area contributed by atoms with Crippen LogP contribution in [0.3, 0.4) is 0 Å². The number of carboxylic acids is 1. The molecule has 1 aromatic rings. The molecule has 4 N–H and O–H groups in total. The second-order valence-electron chi connectivity index (χ2n) is 4.84. The molecule has 20 heavy (non-hydrogen) atoms. The first-order valence-corrected chi connectivity index (χ1v) is 6.54. The van der Waals surface area contributed by atoms with Gasteiger partial charge in [0, 0.05) is 13.1 Å². The number of hydrogen-bond acceptors (Lipinski definition) is 5. The summed E-state index contributed by atoms with van der Waals surface area (Å²) < 4.78 is 0. The normalized spacial score (nSPS) is 15.9. The van der Waals surface area contributed by atoms with Gasteiger partial charge in [0.1, 0.15) is 6.04 Å². The maximum Gasteiger partial charge on any atom is 0.354 e. The zero-order valence-electron chi connectivity index (χ0n) is 11.3. The Morgan fingerprint density at radius 3 is 2.65 bits per heavy atom. The average molecular weight is 278 g/mol. The number of carbonyl (C=O) groups excluding carboxylic acids is 1. The van der Waals surface area contributed by atoms with Gasteiger partial charge in [-0.2, -0.15) is 0 Å². The summed E-state index contributed by atoms with van der Waals surface area (Å²) in [7, 11) is 0. The summed E-state index contributed by atoms with van der Waals surface area (Å²) in [4.78, 5) is 28.7. The summed E-state index contributed by atoms with van der Waals surface area (Å²) in [6.45, 7) is 3.25. The fourth-order valence-corrected chi connectivity index (χ4v) is 2.18. The lowest BCUT2D eigenvalue weighted by molar-refractivity contribution is -0.130. The van der Waals surface area contributed by atoms with Crippen LogP contribution in [0.25, 0.3) is 0 Å². The quantitative estimate of drug-likeness (QED) is 0.751. The van der Waals surface area contributed by atoms with Crippen molar-refractivity contribution in [1.29, 1.82) is 0 Å². The number of aromatic nitrogens is 1. The first-order valence-electron chi connectivity index (χ1n) is 6.54. The second kappa shape index (κ2) is 5.77. The summed E-state index contributed by atoms with van der Waals surface area (Å²) in [5, 5.41) is 11.8. The topological polar surface area (TPSA) is 109 Å². The van der Waals surface area contributed by atoms with Gasteiger partial charge in [0.2, 0.25) is 5.91 Å². The van der Waals surface area contributed by atoms with Crippen LogP contribution in [-0.2, 0) is 4.79 Å². The molecule has 1 aliphatic rings. The molecule has 0 bridgehead atoms. The van der Waals surface area contributed by atoms with Crippen molar-refractivity contribution < 1.29 is 14.7 Å². The molecule has 1 aromatic heterocycles. The predicted octanol–water partition coefficient (Wildman–Crippen LogP) is 0.785. The van der Waals surface area contributed by atoms with Crippen molar-refractivity contribution >= 4 is 23.4 Å². The van der Waals surface area contributed by atoms with Crippen molar-refractivity contribution in [2.45, 2.75) is 25.8 Å². The van der Waals surface area contributed by atoms with Crippen LogP contribution in [0.15, 0.2) is 12.1 Å². The zero-order valence-corrected chi connectivity index (χ0v) is 11.3. The molecule has 0 aromatic carbocycles. The minimum Gasteiger partial charge on any atom is -0.477 e. The zero-order chi connectivity index (χ0) is 14.7. The molecule has 0 aliphatic carbocycles. The Bertz CT molecular complexity index is 526. The molecule has 1 unspecified atom stereocenters. The molecule has 1 aliphatic heterocycles. The van der Waals surface area contributed by atoms with E-state index in [0.29, 0.717) is 5.69 Å². The van der Waals surface area contributed by atoms with E-state index in [1.807, 2.05) is 0 Å². The Morgan fingerprint density at radius 1 is 1.40 bits per heavy atom. The van der Waals surface area contributed by atoms with Gasteiger partial charge in [0.15, 0.2) is 11.5 Å². The van der Waals surface area contributed by atoms with Gasteiger partial charge >= 0.3 is 5.97 Å². The lowest BCUT2D eigenvalue weighted by Crippen LogP contribution is -2.40. The maximum atomic E-state index is 12.2. The maximum absolute atomic E-state index is 12.2. The van der Waals surface area contributed by atoms with Crippen LogP contribution in [0.1, 0.15) is 30.3 Å². The van der Waals surface area contributed by atoms with Crippen LogP contribution >= 0.6 is 0 Å². The molecule has 2 rings (SSSR count). The fourth-order valence-electron chi connectivity index (χ4n) is 2.18. The molecule has 1 saturated heterocycles. The lowest BCUT2D eigenvalue weighted by Gasteiger charge is -2.22. The summed E-state index contributed by atoms with van der Waals surface area (Å²) in [6.07, 6.45) is 2.04. The van der Waals surface area contributed by atoms with Crippen LogP contribution in [0, 0.1) is 0 Å². The van der Waals surface area contributed by atoms with Gasteiger partial charge in [-0.1, -0.05) is 0 Å². The third-order valence-corrected chi connectivity index (χ3v) is 3.29. The molecule has 1 atom stereocenters. The molecule has 7 heteroatoms. The van der Waals surface area contributed by atoms with Gasteiger partial charge in [-0.3, -0.25) is 4.79 Å². The first-order chi connectivity index (χ1) is 9.49. The number of anilines is 2. The van der Waals surface area contributed by atoms with E-state index >= 15 is 0 Å². The fraction of sp³-hybridized carbons (Fsp3) is 0.462.